The molecule has 3 rings (SSSR count). The average Bonchev–Trinajstić information content (AvgIpc) is 3.36. The Kier molecular flexibility index (Phi) is 4.70. The number of carbonyl (C=O) groups excluding carboxylic acids is 1. The van der Waals surface area contributed by atoms with Crippen LogP contribution in [0.5, 0.6) is 0 Å². The maximum atomic E-state index is 13.6. The van der Waals surface area contributed by atoms with E-state index in [1.54, 1.807) is 24.4 Å². The number of nitrogens with zero attached hydrogens (tertiary/aromatic N) is 1. The van der Waals surface area contributed by atoms with Crippen LogP contribution >= 0.6 is 0 Å². The Morgan fingerprint density at radius 1 is 1.35 bits per heavy atom. The molecule has 1 unspecified atom stereocenters. The third-order valence-electron chi connectivity index (χ3n) is 4.24. The van der Waals surface area contributed by atoms with Crippen molar-refractivity contribution in [1.29, 1.82) is 0 Å². The number of amides is 1. The lowest BCUT2D eigenvalue weighted by Crippen LogP contribution is -2.30. The number of aryl methyl sites for hydroxylation is 2. The fourth-order valence-electron chi connectivity index (χ4n) is 2.79. The molecule has 0 spiro atoms. The van der Waals surface area contributed by atoms with Crippen LogP contribution in [-0.4, -0.2) is 10.9 Å². The minimum absolute atomic E-state index is 0.0250. The minimum atomic E-state index is -0.251. The van der Waals surface area contributed by atoms with E-state index in [9.17, 15) is 9.18 Å². The molecule has 0 aliphatic heterocycles. The average molecular weight is 312 g/mol. The lowest BCUT2D eigenvalue weighted by molar-refractivity contribution is -0.122. The van der Waals surface area contributed by atoms with Crippen LogP contribution in [0, 0.1) is 18.7 Å². The predicted molar refractivity (Wildman–Crippen MR) is 87.3 cm³/mol. The van der Waals surface area contributed by atoms with Gasteiger partial charge >= 0.3 is 0 Å². The Morgan fingerprint density at radius 3 is 2.83 bits per heavy atom. The van der Waals surface area contributed by atoms with Crippen LogP contribution < -0.4 is 5.32 Å². The van der Waals surface area contributed by atoms with E-state index >= 15 is 0 Å². The third-order valence-corrected chi connectivity index (χ3v) is 4.24. The summed E-state index contributed by atoms with van der Waals surface area (Å²) in [6.07, 6.45) is 4.72. The summed E-state index contributed by atoms with van der Waals surface area (Å²) >= 11 is 0. The molecule has 3 nitrogen and oxygen atoms in total. The monoisotopic (exact) mass is 312 g/mol. The van der Waals surface area contributed by atoms with Gasteiger partial charge in [0.15, 0.2) is 0 Å². The zero-order valence-electron chi connectivity index (χ0n) is 13.3. The van der Waals surface area contributed by atoms with Crippen molar-refractivity contribution >= 4 is 5.91 Å². The smallest absolute Gasteiger partial charge is 0.220 e. The summed E-state index contributed by atoms with van der Waals surface area (Å²) in [5.74, 6) is 0.176. The zero-order valence-corrected chi connectivity index (χ0v) is 13.3. The number of rotatable bonds is 6. The molecule has 0 bridgehead atoms. The van der Waals surface area contributed by atoms with Gasteiger partial charge in [-0.25, -0.2) is 4.39 Å². The van der Waals surface area contributed by atoms with E-state index in [1.165, 1.54) is 6.07 Å². The second kappa shape index (κ2) is 6.90. The quantitative estimate of drug-likeness (QED) is 0.883. The molecule has 2 aromatic rings. The lowest BCUT2D eigenvalue weighted by Gasteiger charge is -2.18. The fraction of sp³-hybridized carbons (Fsp3) is 0.368. The first kappa shape index (κ1) is 15.7. The van der Waals surface area contributed by atoms with Gasteiger partial charge in [-0.2, -0.15) is 0 Å². The number of pyridine rings is 1. The highest BCUT2D eigenvalue weighted by atomic mass is 19.1. The summed E-state index contributed by atoms with van der Waals surface area (Å²) in [6.45, 7) is 2.02. The van der Waals surface area contributed by atoms with E-state index < -0.39 is 0 Å². The Balaban J connectivity index is 1.62. The van der Waals surface area contributed by atoms with E-state index in [0.717, 1.165) is 24.1 Å². The van der Waals surface area contributed by atoms with Crippen molar-refractivity contribution in [3.05, 3.63) is 65.2 Å². The SMILES string of the molecule is Cc1ccnc(C(NC(=O)CCc2ccccc2F)C2CC2)c1. The van der Waals surface area contributed by atoms with Crippen molar-refractivity contribution in [1.82, 2.24) is 10.3 Å². The largest absolute Gasteiger partial charge is 0.347 e. The number of aromatic nitrogens is 1. The molecule has 1 aromatic heterocycles. The van der Waals surface area contributed by atoms with Crippen molar-refractivity contribution in [3.8, 4) is 0 Å². The van der Waals surface area contributed by atoms with Crippen molar-refractivity contribution in [3.63, 3.8) is 0 Å². The van der Waals surface area contributed by atoms with Gasteiger partial charge in [-0.15, -0.1) is 0 Å². The molecular formula is C19H21FN2O. The van der Waals surface area contributed by atoms with E-state index in [0.29, 0.717) is 17.9 Å². The first-order valence-electron chi connectivity index (χ1n) is 8.09. The molecule has 1 saturated carbocycles. The van der Waals surface area contributed by atoms with Crippen molar-refractivity contribution in [2.24, 2.45) is 5.92 Å². The number of hydrogen-bond donors (Lipinski definition) is 1. The standard InChI is InChI=1S/C19H21FN2O/c1-13-10-11-21-17(12-13)19(15-6-7-15)22-18(23)9-8-14-4-2-3-5-16(14)20/h2-5,10-12,15,19H,6-9H2,1H3,(H,22,23). The molecule has 1 atom stereocenters. The Morgan fingerprint density at radius 2 is 2.13 bits per heavy atom. The fourth-order valence-corrected chi connectivity index (χ4v) is 2.79. The van der Waals surface area contributed by atoms with Crippen LogP contribution in [0.1, 0.15) is 42.1 Å². The Labute approximate surface area is 135 Å². The van der Waals surface area contributed by atoms with E-state index in [4.69, 9.17) is 0 Å². The van der Waals surface area contributed by atoms with Crippen LogP contribution in [0.4, 0.5) is 4.39 Å². The van der Waals surface area contributed by atoms with Crippen molar-refractivity contribution < 1.29 is 9.18 Å². The molecule has 4 heteroatoms. The second-order valence-electron chi connectivity index (χ2n) is 6.23. The topological polar surface area (TPSA) is 42.0 Å². The van der Waals surface area contributed by atoms with Gasteiger partial charge in [0.25, 0.3) is 0 Å². The number of hydrogen-bond acceptors (Lipinski definition) is 2. The molecule has 1 N–H and O–H groups in total. The third kappa shape index (κ3) is 4.15. The molecule has 1 aliphatic rings. The Hall–Kier alpha value is -2.23. The van der Waals surface area contributed by atoms with Crippen LogP contribution in [0.2, 0.25) is 0 Å². The van der Waals surface area contributed by atoms with Gasteiger partial charge in [-0.1, -0.05) is 18.2 Å². The molecule has 0 saturated heterocycles. The zero-order chi connectivity index (χ0) is 16.2. The molecule has 1 heterocycles. The summed E-state index contributed by atoms with van der Waals surface area (Å²) in [7, 11) is 0. The summed E-state index contributed by atoms with van der Waals surface area (Å²) < 4.78 is 13.6. The van der Waals surface area contributed by atoms with Crippen molar-refractivity contribution in [2.45, 2.75) is 38.6 Å². The van der Waals surface area contributed by atoms with Crippen molar-refractivity contribution in [2.75, 3.05) is 0 Å². The molecular weight excluding hydrogens is 291 g/mol. The van der Waals surface area contributed by atoms with E-state index in [2.05, 4.69) is 10.3 Å². The van der Waals surface area contributed by atoms with Crippen LogP contribution in [0.15, 0.2) is 42.6 Å². The number of carbonyl (C=O) groups is 1. The lowest BCUT2D eigenvalue weighted by atomic mass is 10.0. The summed E-state index contributed by atoms with van der Waals surface area (Å²) in [6, 6.07) is 10.6. The van der Waals surface area contributed by atoms with E-state index in [1.807, 2.05) is 19.1 Å². The number of nitrogens with one attached hydrogen (secondary N) is 1. The maximum Gasteiger partial charge on any atom is 0.220 e. The highest BCUT2D eigenvalue weighted by molar-refractivity contribution is 5.76. The molecule has 0 radical (unpaired) electrons. The molecule has 1 fully saturated rings. The maximum absolute atomic E-state index is 13.6. The van der Waals surface area contributed by atoms with Crippen LogP contribution in [-0.2, 0) is 11.2 Å². The number of benzene rings is 1. The number of halogens is 1. The normalized spacial score (nSPS) is 15.2. The van der Waals surface area contributed by atoms with Crippen LogP contribution in [0.25, 0.3) is 0 Å². The predicted octanol–water partition coefficient (Wildman–Crippen LogP) is 3.73. The first-order chi connectivity index (χ1) is 11.1. The van der Waals surface area contributed by atoms with Gasteiger partial charge < -0.3 is 5.32 Å². The highest BCUT2D eigenvalue weighted by Crippen LogP contribution is 2.40. The molecule has 23 heavy (non-hydrogen) atoms. The molecule has 1 aromatic carbocycles. The molecule has 1 aliphatic carbocycles. The van der Waals surface area contributed by atoms with Gasteiger partial charge in [0.05, 0.1) is 11.7 Å². The second-order valence-corrected chi connectivity index (χ2v) is 6.23. The minimum Gasteiger partial charge on any atom is -0.347 e. The van der Waals surface area contributed by atoms with Gasteiger partial charge in [-0.3, -0.25) is 9.78 Å². The van der Waals surface area contributed by atoms with E-state index in [-0.39, 0.29) is 24.2 Å². The summed E-state index contributed by atoms with van der Waals surface area (Å²) in [5, 5.41) is 3.09. The van der Waals surface area contributed by atoms with Gasteiger partial charge in [-0.05, 0) is 61.4 Å². The first-order valence-corrected chi connectivity index (χ1v) is 8.09. The summed E-state index contributed by atoms with van der Waals surface area (Å²) in [5.41, 5.74) is 2.65. The Bertz CT molecular complexity index is 697. The van der Waals surface area contributed by atoms with Gasteiger partial charge in [0.2, 0.25) is 5.91 Å². The molecule has 120 valence electrons. The summed E-state index contributed by atoms with van der Waals surface area (Å²) in [4.78, 5) is 16.7. The van der Waals surface area contributed by atoms with Gasteiger partial charge in [0, 0.05) is 12.6 Å². The van der Waals surface area contributed by atoms with Crippen LogP contribution in [0.3, 0.4) is 0 Å². The molecule has 1 amide bonds. The van der Waals surface area contributed by atoms with Gasteiger partial charge in [0.1, 0.15) is 5.82 Å². The highest BCUT2D eigenvalue weighted by Gasteiger charge is 2.34.